The number of hydrogen-bond donors (Lipinski definition) is 0. The van der Waals surface area contributed by atoms with E-state index in [0.717, 1.165) is 19.3 Å². The Bertz CT molecular complexity index is 736. The summed E-state index contributed by atoms with van der Waals surface area (Å²) in [5.74, 6) is 0. The summed E-state index contributed by atoms with van der Waals surface area (Å²) in [5.41, 5.74) is 8.37. The first-order valence-electron chi connectivity index (χ1n) is 7.46. The molecule has 0 N–H and O–H groups in total. The van der Waals surface area contributed by atoms with Crippen molar-refractivity contribution in [1.29, 1.82) is 0 Å². The molecule has 0 atom stereocenters. The van der Waals surface area contributed by atoms with Gasteiger partial charge in [-0.15, -0.1) is 0 Å². The van der Waals surface area contributed by atoms with Crippen LogP contribution in [0.2, 0.25) is 0 Å². The number of aliphatic imine (C=N–C) groups is 1. The van der Waals surface area contributed by atoms with E-state index in [1.54, 1.807) is 5.57 Å². The molecule has 102 valence electrons. The SMILES string of the molecule is C1=CC(=C2Cc3ccccc3C2)CC(c2ccccc2)=N1. The van der Waals surface area contributed by atoms with Crippen LogP contribution in [0.3, 0.4) is 0 Å². The highest BCUT2D eigenvalue weighted by Crippen LogP contribution is 2.31. The summed E-state index contributed by atoms with van der Waals surface area (Å²) in [4.78, 5) is 4.57. The second kappa shape index (κ2) is 5.17. The predicted octanol–water partition coefficient (Wildman–Crippen LogP) is 4.49. The van der Waals surface area contributed by atoms with E-state index in [1.165, 1.54) is 28.0 Å². The predicted molar refractivity (Wildman–Crippen MR) is 87.6 cm³/mol. The lowest BCUT2D eigenvalue weighted by Gasteiger charge is -2.13. The molecule has 1 aliphatic heterocycles. The van der Waals surface area contributed by atoms with Crippen molar-refractivity contribution in [3.8, 4) is 0 Å². The fraction of sp³-hybridized carbons (Fsp3) is 0.150. The average Bonchev–Trinajstić information content (AvgIpc) is 3.00. The maximum atomic E-state index is 4.57. The van der Waals surface area contributed by atoms with E-state index >= 15 is 0 Å². The highest BCUT2D eigenvalue weighted by atomic mass is 14.7. The van der Waals surface area contributed by atoms with E-state index in [2.05, 4.69) is 65.7 Å². The van der Waals surface area contributed by atoms with Crippen LogP contribution >= 0.6 is 0 Å². The molecule has 0 amide bonds. The summed E-state index contributed by atoms with van der Waals surface area (Å²) < 4.78 is 0. The minimum absolute atomic E-state index is 0.948. The molecule has 0 spiro atoms. The summed E-state index contributed by atoms with van der Waals surface area (Å²) >= 11 is 0. The van der Waals surface area contributed by atoms with Gasteiger partial charge in [-0.2, -0.15) is 0 Å². The molecule has 2 aliphatic rings. The van der Waals surface area contributed by atoms with Gasteiger partial charge in [-0.25, -0.2) is 0 Å². The summed E-state index contributed by atoms with van der Waals surface area (Å²) in [6, 6.07) is 19.3. The number of fused-ring (bicyclic) bond motifs is 1. The molecule has 1 nitrogen and oxygen atoms in total. The van der Waals surface area contributed by atoms with Gasteiger partial charge in [0.15, 0.2) is 0 Å². The van der Waals surface area contributed by atoms with Gasteiger partial charge in [-0.1, -0.05) is 60.2 Å². The third-order valence-electron chi connectivity index (χ3n) is 4.35. The van der Waals surface area contributed by atoms with Crippen molar-refractivity contribution in [3.05, 3.63) is 94.7 Å². The molecular weight excluding hydrogens is 254 g/mol. The van der Waals surface area contributed by atoms with Crippen molar-refractivity contribution in [3.63, 3.8) is 0 Å². The Hall–Kier alpha value is -2.41. The lowest BCUT2D eigenvalue weighted by Crippen LogP contribution is -2.06. The zero-order valence-electron chi connectivity index (χ0n) is 11.9. The van der Waals surface area contributed by atoms with Crippen molar-refractivity contribution < 1.29 is 0 Å². The number of hydrogen-bond acceptors (Lipinski definition) is 1. The second-order valence-corrected chi connectivity index (χ2v) is 5.69. The van der Waals surface area contributed by atoms with Crippen molar-refractivity contribution in [2.24, 2.45) is 4.99 Å². The van der Waals surface area contributed by atoms with Crippen LogP contribution in [0.5, 0.6) is 0 Å². The fourth-order valence-electron chi connectivity index (χ4n) is 3.20. The molecule has 0 bridgehead atoms. The second-order valence-electron chi connectivity index (χ2n) is 5.69. The molecule has 2 aromatic carbocycles. The van der Waals surface area contributed by atoms with Crippen molar-refractivity contribution in [1.82, 2.24) is 0 Å². The Kier molecular flexibility index (Phi) is 3.04. The van der Waals surface area contributed by atoms with Crippen LogP contribution in [0.1, 0.15) is 23.1 Å². The number of nitrogens with zero attached hydrogens (tertiary/aromatic N) is 1. The van der Waals surface area contributed by atoms with Gasteiger partial charge >= 0.3 is 0 Å². The molecule has 1 heteroatoms. The first-order valence-corrected chi connectivity index (χ1v) is 7.46. The van der Waals surface area contributed by atoms with Crippen LogP contribution in [0.4, 0.5) is 0 Å². The van der Waals surface area contributed by atoms with E-state index in [4.69, 9.17) is 0 Å². The lowest BCUT2D eigenvalue weighted by molar-refractivity contribution is 1.09. The molecule has 0 saturated carbocycles. The van der Waals surface area contributed by atoms with Gasteiger partial charge < -0.3 is 0 Å². The molecule has 2 aromatic rings. The van der Waals surface area contributed by atoms with Crippen molar-refractivity contribution in [2.75, 3.05) is 0 Å². The molecule has 21 heavy (non-hydrogen) atoms. The molecular formula is C20H17N. The van der Waals surface area contributed by atoms with Gasteiger partial charge in [-0.05, 0) is 41.2 Å². The van der Waals surface area contributed by atoms with Crippen molar-refractivity contribution in [2.45, 2.75) is 19.3 Å². The molecule has 0 saturated heterocycles. The Morgan fingerprint density at radius 1 is 0.714 bits per heavy atom. The van der Waals surface area contributed by atoms with Gasteiger partial charge in [0.25, 0.3) is 0 Å². The number of rotatable bonds is 1. The normalized spacial score (nSPS) is 16.9. The minimum Gasteiger partial charge on any atom is -0.260 e. The standard InChI is InChI=1S/C20H17N/c1-2-6-15(7-3-1)20-14-18(10-11-21-20)19-12-16-8-4-5-9-17(16)13-19/h1-11H,12-14H2. The first-order chi connectivity index (χ1) is 10.4. The smallest absolute Gasteiger partial charge is 0.0519 e. The van der Waals surface area contributed by atoms with Gasteiger partial charge in [0.2, 0.25) is 0 Å². The van der Waals surface area contributed by atoms with Crippen LogP contribution in [0, 0.1) is 0 Å². The van der Waals surface area contributed by atoms with E-state index in [-0.39, 0.29) is 0 Å². The van der Waals surface area contributed by atoms with Crippen LogP contribution in [0.25, 0.3) is 0 Å². The Morgan fingerprint density at radius 2 is 1.38 bits per heavy atom. The largest absolute Gasteiger partial charge is 0.260 e. The van der Waals surface area contributed by atoms with Gasteiger partial charge in [0.05, 0.1) is 5.71 Å². The highest BCUT2D eigenvalue weighted by molar-refractivity contribution is 6.03. The molecule has 0 fully saturated rings. The van der Waals surface area contributed by atoms with Crippen LogP contribution in [0.15, 0.2) is 83.0 Å². The van der Waals surface area contributed by atoms with Crippen molar-refractivity contribution >= 4 is 5.71 Å². The van der Waals surface area contributed by atoms with Crippen LogP contribution < -0.4 is 0 Å². The summed E-state index contributed by atoms with van der Waals surface area (Å²) in [7, 11) is 0. The molecule has 1 heterocycles. The van der Waals surface area contributed by atoms with E-state index in [1.807, 2.05) is 6.20 Å². The maximum Gasteiger partial charge on any atom is 0.0519 e. The third kappa shape index (κ3) is 2.36. The summed E-state index contributed by atoms with van der Waals surface area (Å²) in [5, 5.41) is 0. The maximum absolute atomic E-state index is 4.57. The van der Waals surface area contributed by atoms with E-state index < -0.39 is 0 Å². The Morgan fingerprint density at radius 3 is 2.10 bits per heavy atom. The zero-order valence-corrected chi connectivity index (χ0v) is 11.9. The average molecular weight is 271 g/mol. The van der Waals surface area contributed by atoms with Crippen LogP contribution in [-0.4, -0.2) is 5.71 Å². The van der Waals surface area contributed by atoms with Gasteiger partial charge in [-0.3, -0.25) is 4.99 Å². The quantitative estimate of drug-likeness (QED) is 0.724. The van der Waals surface area contributed by atoms with Gasteiger partial charge in [0.1, 0.15) is 0 Å². The topological polar surface area (TPSA) is 12.4 Å². The lowest BCUT2D eigenvalue weighted by atomic mass is 9.95. The Balaban J connectivity index is 1.64. The molecule has 1 aliphatic carbocycles. The monoisotopic (exact) mass is 271 g/mol. The summed E-state index contributed by atoms with van der Waals surface area (Å²) in [6.45, 7) is 0. The Labute approximate surface area is 125 Å². The molecule has 0 aromatic heterocycles. The number of allylic oxidation sites excluding steroid dienone is 3. The fourth-order valence-corrected chi connectivity index (χ4v) is 3.20. The molecule has 0 radical (unpaired) electrons. The van der Waals surface area contributed by atoms with Gasteiger partial charge in [0, 0.05) is 12.6 Å². The highest BCUT2D eigenvalue weighted by Gasteiger charge is 2.19. The molecule has 4 rings (SSSR count). The molecule has 0 unspecified atom stereocenters. The summed E-state index contributed by atoms with van der Waals surface area (Å²) in [6.07, 6.45) is 7.28. The number of benzene rings is 2. The van der Waals surface area contributed by atoms with Crippen LogP contribution in [-0.2, 0) is 12.8 Å². The van der Waals surface area contributed by atoms with E-state index in [9.17, 15) is 0 Å². The zero-order chi connectivity index (χ0) is 14.1. The minimum atomic E-state index is 0.948. The van der Waals surface area contributed by atoms with E-state index in [0.29, 0.717) is 0 Å². The third-order valence-corrected chi connectivity index (χ3v) is 4.35. The first kappa shape index (κ1) is 12.3.